The first-order valence-corrected chi connectivity index (χ1v) is 14.5. The van der Waals surface area contributed by atoms with Gasteiger partial charge in [-0.15, -0.1) is 11.3 Å². The summed E-state index contributed by atoms with van der Waals surface area (Å²) in [5.74, 6) is 0. The molecule has 174 valence electrons. The van der Waals surface area contributed by atoms with E-state index in [-0.39, 0.29) is 0 Å². The quantitative estimate of drug-likeness (QED) is 0.341. The van der Waals surface area contributed by atoms with Crippen molar-refractivity contribution in [2.24, 2.45) is 0 Å². The van der Waals surface area contributed by atoms with E-state index >= 15 is 0 Å². The first kappa shape index (κ1) is 23.5. The number of piperazine rings is 1. The van der Waals surface area contributed by atoms with Gasteiger partial charge in [0.05, 0.1) is 12.6 Å². The second-order valence-corrected chi connectivity index (χ2v) is 13.2. The van der Waals surface area contributed by atoms with E-state index in [1.54, 1.807) is 21.8 Å². The van der Waals surface area contributed by atoms with Crippen molar-refractivity contribution in [3.05, 3.63) is 62.9 Å². The second kappa shape index (κ2) is 9.41. The number of hydrogen-bond donors (Lipinski definition) is 1. The molecule has 4 aromatic rings. The van der Waals surface area contributed by atoms with Gasteiger partial charge in [-0.1, -0.05) is 37.9 Å². The lowest BCUT2D eigenvalue weighted by molar-refractivity contribution is 0.0823. The van der Waals surface area contributed by atoms with Crippen LogP contribution in [-0.4, -0.2) is 66.1 Å². The minimum atomic E-state index is -3.42. The lowest BCUT2D eigenvalue weighted by Gasteiger charge is -2.34. The molecule has 0 aliphatic carbocycles. The monoisotopic (exact) mass is 611 g/mol. The highest BCUT2D eigenvalue weighted by molar-refractivity contribution is 9.10. The fourth-order valence-electron chi connectivity index (χ4n) is 4.50. The van der Waals surface area contributed by atoms with Crippen molar-refractivity contribution in [1.29, 1.82) is 0 Å². The summed E-state index contributed by atoms with van der Waals surface area (Å²) in [7, 11) is -3.42. The van der Waals surface area contributed by atoms with Gasteiger partial charge in [-0.05, 0) is 47.8 Å². The van der Waals surface area contributed by atoms with E-state index in [4.69, 9.17) is 0 Å². The lowest BCUT2D eigenvalue weighted by Crippen LogP contribution is -2.50. The van der Waals surface area contributed by atoms with Crippen LogP contribution in [0.5, 0.6) is 0 Å². The smallest absolute Gasteiger partial charge is 0.252 e. The van der Waals surface area contributed by atoms with Gasteiger partial charge in [0.2, 0.25) is 0 Å². The highest BCUT2D eigenvalue weighted by atomic mass is 79.9. The van der Waals surface area contributed by atoms with Crippen LogP contribution in [-0.2, 0) is 16.6 Å². The zero-order valence-electron chi connectivity index (χ0n) is 17.7. The third kappa shape index (κ3) is 4.67. The molecule has 0 amide bonds. The fraction of sp³-hybridized carbons (Fsp3) is 0.304. The minimum absolute atomic E-state index is 0.389. The van der Waals surface area contributed by atoms with Crippen LogP contribution in [0.4, 0.5) is 0 Å². The van der Waals surface area contributed by atoms with Crippen LogP contribution in [0.15, 0.2) is 67.1 Å². The molecule has 0 spiro atoms. The van der Waals surface area contributed by atoms with Crippen molar-refractivity contribution < 1.29 is 13.5 Å². The van der Waals surface area contributed by atoms with Crippen molar-refractivity contribution >= 4 is 75.0 Å². The van der Waals surface area contributed by atoms with E-state index in [9.17, 15) is 13.5 Å². The van der Waals surface area contributed by atoms with Crippen LogP contribution in [0.3, 0.4) is 0 Å². The van der Waals surface area contributed by atoms with Gasteiger partial charge < -0.3 is 9.67 Å². The molecule has 1 N–H and O–H groups in total. The molecule has 2 aromatic heterocycles. The molecule has 3 heterocycles. The highest BCUT2D eigenvalue weighted by Crippen LogP contribution is 2.33. The maximum atomic E-state index is 12.7. The summed E-state index contributed by atoms with van der Waals surface area (Å²) < 4.78 is 31.6. The van der Waals surface area contributed by atoms with Crippen LogP contribution in [0.2, 0.25) is 0 Å². The van der Waals surface area contributed by atoms with Crippen molar-refractivity contribution in [2.75, 3.05) is 32.7 Å². The standard InChI is InChI=1S/C23H23Br2N3O3S2/c24-16-3-5-21-19(12-16)20-13-17(25)4-6-22(20)28(21)15-18(29)14-26-7-9-27(10-8-26)33(30,31)23-2-1-11-32-23/h1-6,11-13,18,29H,7-10,14-15H2. The number of halogens is 2. The predicted molar refractivity (Wildman–Crippen MR) is 140 cm³/mol. The molecule has 1 saturated heterocycles. The summed E-state index contributed by atoms with van der Waals surface area (Å²) in [4.78, 5) is 2.15. The zero-order chi connectivity index (χ0) is 23.2. The van der Waals surface area contributed by atoms with E-state index < -0.39 is 16.1 Å². The SMILES string of the molecule is O=S(=O)(c1cccs1)N1CCN(CC(O)Cn2c3ccc(Br)cc3c3cc(Br)ccc32)CC1. The Hall–Kier alpha value is -1.27. The summed E-state index contributed by atoms with van der Waals surface area (Å²) in [6.07, 6.45) is -0.573. The molecule has 2 aromatic carbocycles. The Morgan fingerprint density at radius 1 is 0.909 bits per heavy atom. The van der Waals surface area contributed by atoms with Gasteiger partial charge in [-0.2, -0.15) is 4.31 Å². The summed E-state index contributed by atoms with van der Waals surface area (Å²) in [6, 6.07) is 15.8. The Balaban J connectivity index is 1.30. The number of aliphatic hydroxyl groups excluding tert-OH is 1. The molecule has 5 rings (SSSR count). The first-order valence-electron chi connectivity index (χ1n) is 10.6. The first-order chi connectivity index (χ1) is 15.8. The Morgan fingerprint density at radius 3 is 2.06 bits per heavy atom. The van der Waals surface area contributed by atoms with Gasteiger partial charge in [0.1, 0.15) is 4.21 Å². The molecule has 1 fully saturated rings. The molecule has 0 saturated carbocycles. The van der Waals surface area contributed by atoms with E-state index in [0.717, 1.165) is 30.8 Å². The number of sulfonamides is 1. The molecule has 1 aliphatic heterocycles. The number of nitrogens with zero attached hydrogens (tertiary/aromatic N) is 3. The minimum Gasteiger partial charge on any atom is -0.390 e. The maximum Gasteiger partial charge on any atom is 0.252 e. The van der Waals surface area contributed by atoms with Gasteiger partial charge in [-0.25, -0.2) is 8.42 Å². The normalized spacial score (nSPS) is 17.2. The number of β-amino-alcohol motifs (C(OH)–C–C–N with tert-alkyl or cyclic N) is 1. The second-order valence-electron chi connectivity index (χ2n) is 8.22. The largest absolute Gasteiger partial charge is 0.390 e. The van der Waals surface area contributed by atoms with E-state index in [1.165, 1.54) is 11.3 Å². The van der Waals surface area contributed by atoms with Gasteiger partial charge in [0, 0.05) is 63.5 Å². The van der Waals surface area contributed by atoms with Gasteiger partial charge in [0.15, 0.2) is 0 Å². The molecule has 6 nitrogen and oxygen atoms in total. The van der Waals surface area contributed by atoms with Crippen molar-refractivity contribution in [3.8, 4) is 0 Å². The molecular weight excluding hydrogens is 590 g/mol. The molecule has 1 atom stereocenters. The zero-order valence-corrected chi connectivity index (χ0v) is 22.5. The number of rotatable bonds is 6. The Morgan fingerprint density at radius 2 is 1.52 bits per heavy atom. The number of aliphatic hydroxyl groups is 1. The molecular formula is C23H23Br2N3O3S2. The Bertz CT molecular complexity index is 1340. The average Bonchev–Trinajstić information content (AvgIpc) is 3.42. The van der Waals surface area contributed by atoms with Crippen molar-refractivity contribution in [3.63, 3.8) is 0 Å². The van der Waals surface area contributed by atoms with Crippen LogP contribution in [0.25, 0.3) is 21.8 Å². The number of thiophene rings is 1. The van der Waals surface area contributed by atoms with Crippen LogP contribution < -0.4 is 0 Å². The topological polar surface area (TPSA) is 65.8 Å². The summed E-state index contributed by atoms with van der Waals surface area (Å²) in [5, 5.41) is 15.0. The van der Waals surface area contributed by atoms with E-state index in [2.05, 4.69) is 65.6 Å². The molecule has 0 bridgehead atoms. The maximum absolute atomic E-state index is 12.7. The molecule has 33 heavy (non-hydrogen) atoms. The Labute approximate surface area is 213 Å². The summed E-state index contributed by atoms with van der Waals surface area (Å²) in [6.45, 7) is 3.05. The highest BCUT2D eigenvalue weighted by Gasteiger charge is 2.29. The third-order valence-electron chi connectivity index (χ3n) is 6.07. The third-order valence-corrected chi connectivity index (χ3v) is 10.3. The summed E-state index contributed by atoms with van der Waals surface area (Å²) in [5.41, 5.74) is 2.16. The number of benzene rings is 2. The molecule has 1 aliphatic rings. The number of fused-ring (bicyclic) bond motifs is 3. The molecule has 1 unspecified atom stereocenters. The van der Waals surface area contributed by atoms with Crippen LogP contribution in [0.1, 0.15) is 0 Å². The predicted octanol–water partition coefficient (Wildman–Crippen LogP) is 4.75. The molecule has 10 heteroatoms. The van der Waals surface area contributed by atoms with E-state index in [0.29, 0.717) is 43.5 Å². The Kier molecular flexibility index (Phi) is 6.69. The molecule has 0 radical (unpaired) electrons. The van der Waals surface area contributed by atoms with Crippen LogP contribution in [0, 0.1) is 0 Å². The van der Waals surface area contributed by atoms with E-state index in [1.807, 2.05) is 12.1 Å². The summed E-state index contributed by atoms with van der Waals surface area (Å²) >= 11 is 8.39. The number of hydrogen-bond acceptors (Lipinski definition) is 5. The number of aromatic nitrogens is 1. The van der Waals surface area contributed by atoms with Gasteiger partial charge in [0.25, 0.3) is 10.0 Å². The van der Waals surface area contributed by atoms with Crippen molar-refractivity contribution in [1.82, 2.24) is 13.8 Å². The van der Waals surface area contributed by atoms with Gasteiger partial charge >= 0.3 is 0 Å². The fourth-order valence-corrected chi connectivity index (χ4v) is 7.79. The lowest BCUT2D eigenvalue weighted by atomic mass is 10.2. The van der Waals surface area contributed by atoms with Crippen molar-refractivity contribution in [2.45, 2.75) is 16.9 Å². The van der Waals surface area contributed by atoms with Crippen LogP contribution >= 0.6 is 43.2 Å². The van der Waals surface area contributed by atoms with Gasteiger partial charge in [-0.3, -0.25) is 4.90 Å². The average molecular weight is 613 g/mol.